The number of thiazole rings is 1. The summed E-state index contributed by atoms with van der Waals surface area (Å²) in [4.78, 5) is 23.3. The second kappa shape index (κ2) is 5.93. The summed E-state index contributed by atoms with van der Waals surface area (Å²) in [5.74, 6) is -0.377. The number of benzene rings is 1. The maximum Gasteiger partial charge on any atom is 0.307 e. The minimum absolute atomic E-state index is 0.00623. The average Bonchev–Trinajstić information content (AvgIpc) is 2.71. The van der Waals surface area contributed by atoms with Gasteiger partial charge in [0.05, 0.1) is 0 Å². The van der Waals surface area contributed by atoms with Crippen LogP contribution in [0, 0.1) is 12.7 Å². The molecule has 1 heterocycles. The highest BCUT2D eigenvalue weighted by molar-refractivity contribution is 7.07. The topological polar surface area (TPSA) is 39.1 Å². The molecule has 2 aromatic rings. The molecule has 0 fully saturated rings. The number of halogens is 1. The van der Waals surface area contributed by atoms with Gasteiger partial charge < -0.3 is 4.57 Å². The molecule has 0 N–H and O–H groups in total. The SMILES string of the molecule is Cc1csc(=O)n1CCCC(=O)c1ccc(F)cc1. The van der Waals surface area contributed by atoms with Gasteiger partial charge in [-0.05, 0) is 37.6 Å². The fourth-order valence-corrected chi connectivity index (χ4v) is 2.61. The average molecular weight is 279 g/mol. The monoisotopic (exact) mass is 279 g/mol. The van der Waals surface area contributed by atoms with E-state index in [2.05, 4.69) is 0 Å². The highest BCUT2D eigenvalue weighted by atomic mass is 32.1. The van der Waals surface area contributed by atoms with Gasteiger partial charge in [-0.3, -0.25) is 9.59 Å². The third-order valence-electron chi connectivity index (χ3n) is 2.93. The van der Waals surface area contributed by atoms with Gasteiger partial charge in [-0.2, -0.15) is 0 Å². The minimum Gasteiger partial charge on any atom is -0.303 e. The molecule has 0 bridgehead atoms. The fraction of sp³-hybridized carbons (Fsp3) is 0.286. The summed E-state index contributed by atoms with van der Waals surface area (Å²) in [6.45, 7) is 2.42. The van der Waals surface area contributed by atoms with Crippen LogP contribution in [-0.4, -0.2) is 10.4 Å². The summed E-state index contributed by atoms with van der Waals surface area (Å²) in [5.41, 5.74) is 1.43. The minimum atomic E-state index is -0.350. The van der Waals surface area contributed by atoms with Gasteiger partial charge in [0, 0.05) is 29.6 Å². The van der Waals surface area contributed by atoms with Crippen LogP contribution >= 0.6 is 11.3 Å². The molecule has 0 saturated carbocycles. The van der Waals surface area contributed by atoms with Crippen molar-refractivity contribution in [3.63, 3.8) is 0 Å². The lowest BCUT2D eigenvalue weighted by molar-refractivity contribution is 0.0978. The first kappa shape index (κ1) is 13.7. The number of rotatable bonds is 5. The van der Waals surface area contributed by atoms with Gasteiger partial charge in [0.1, 0.15) is 5.82 Å². The Morgan fingerprint density at radius 2 is 2.00 bits per heavy atom. The van der Waals surface area contributed by atoms with Crippen molar-refractivity contribution in [2.45, 2.75) is 26.3 Å². The highest BCUT2D eigenvalue weighted by Gasteiger charge is 2.07. The molecule has 5 heteroatoms. The number of ketones is 1. The fourth-order valence-electron chi connectivity index (χ4n) is 1.85. The summed E-state index contributed by atoms with van der Waals surface area (Å²) in [6.07, 6.45) is 0.959. The van der Waals surface area contributed by atoms with Crippen LogP contribution in [-0.2, 0) is 6.54 Å². The second-order valence-corrected chi connectivity index (χ2v) is 5.15. The maximum atomic E-state index is 12.7. The van der Waals surface area contributed by atoms with E-state index in [9.17, 15) is 14.0 Å². The summed E-state index contributed by atoms with van der Waals surface area (Å²) in [7, 11) is 0. The number of carbonyl (C=O) groups is 1. The predicted octanol–water partition coefficient (Wildman–Crippen LogP) is 3.02. The Morgan fingerprint density at radius 3 is 2.58 bits per heavy atom. The van der Waals surface area contributed by atoms with E-state index in [1.165, 1.54) is 35.6 Å². The van der Waals surface area contributed by atoms with Crippen molar-refractivity contribution in [3.05, 3.63) is 56.4 Å². The van der Waals surface area contributed by atoms with E-state index in [-0.39, 0.29) is 16.5 Å². The van der Waals surface area contributed by atoms with Gasteiger partial charge in [-0.25, -0.2) is 4.39 Å². The number of Topliss-reactive ketones (excluding diaryl/α,β-unsaturated/α-hetero) is 1. The van der Waals surface area contributed by atoms with Crippen LogP contribution in [0.4, 0.5) is 4.39 Å². The van der Waals surface area contributed by atoms with Crippen molar-refractivity contribution in [1.82, 2.24) is 4.57 Å². The Bertz CT molecular complexity index is 628. The van der Waals surface area contributed by atoms with Crippen LogP contribution in [0.1, 0.15) is 28.9 Å². The Hall–Kier alpha value is -1.75. The summed E-state index contributed by atoms with van der Waals surface area (Å²) in [6, 6.07) is 5.53. The summed E-state index contributed by atoms with van der Waals surface area (Å²) < 4.78 is 14.4. The number of carbonyl (C=O) groups excluding carboxylic acids is 1. The molecule has 0 saturated heterocycles. The largest absolute Gasteiger partial charge is 0.307 e. The molecule has 0 atom stereocenters. The maximum absolute atomic E-state index is 12.7. The van der Waals surface area contributed by atoms with Crippen molar-refractivity contribution >= 4 is 17.1 Å². The number of hydrogen-bond donors (Lipinski definition) is 0. The molecule has 19 heavy (non-hydrogen) atoms. The third-order valence-corrected chi connectivity index (χ3v) is 3.81. The molecule has 2 rings (SSSR count). The molecule has 1 aromatic carbocycles. The van der Waals surface area contributed by atoms with Crippen LogP contribution in [0.5, 0.6) is 0 Å². The van der Waals surface area contributed by atoms with Crippen LogP contribution < -0.4 is 4.87 Å². The molecule has 0 unspecified atom stereocenters. The first-order valence-corrected chi connectivity index (χ1v) is 6.89. The molecule has 100 valence electrons. The predicted molar refractivity (Wildman–Crippen MR) is 73.3 cm³/mol. The smallest absolute Gasteiger partial charge is 0.303 e. The number of aromatic nitrogens is 1. The van der Waals surface area contributed by atoms with Crippen molar-refractivity contribution in [2.75, 3.05) is 0 Å². The molecular weight excluding hydrogens is 265 g/mol. The van der Waals surface area contributed by atoms with Crippen LogP contribution in [0.3, 0.4) is 0 Å². The van der Waals surface area contributed by atoms with E-state index in [1.54, 1.807) is 4.57 Å². The summed E-state index contributed by atoms with van der Waals surface area (Å²) in [5, 5.41) is 1.81. The van der Waals surface area contributed by atoms with E-state index in [1.807, 2.05) is 12.3 Å². The lowest BCUT2D eigenvalue weighted by Crippen LogP contribution is -2.15. The Balaban J connectivity index is 1.91. The first-order chi connectivity index (χ1) is 9.08. The molecule has 0 spiro atoms. The number of nitrogens with zero attached hydrogens (tertiary/aromatic N) is 1. The quantitative estimate of drug-likeness (QED) is 0.789. The molecule has 0 amide bonds. The highest BCUT2D eigenvalue weighted by Crippen LogP contribution is 2.09. The van der Waals surface area contributed by atoms with Gasteiger partial charge in [0.15, 0.2) is 5.78 Å². The van der Waals surface area contributed by atoms with E-state index >= 15 is 0 Å². The van der Waals surface area contributed by atoms with Crippen molar-refractivity contribution < 1.29 is 9.18 Å². The lowest BCUT2D eigenvalue weighted by Gasteiger charge is -2.04. The normalized spacial score (nSPS) is 10.6. The zero-order chi connectivity index (χ0) is 13.8. The molecule has 1 aromatic heterocycles. The zero-order valence-electron chi connectivity index (χ0n) is 10.6. The van der Waals surface area contributed by atoms with Crippen molar-refractivity contribution in [1.29, 1.82) is 0 Å². The van der Waals surface area contributed by atoms with Gasteiger partial charge in [-0.1, -0.05) is 11.3 Å². The van der Waals surface area contributed by atoms with E-state index in [4.69, 9.17) is 0 Å². The second-order valence-electron chi connectivity index (χ2n) is 4.33. The number of hydrogen-bond acceptors (Lipinski definition) is 3. The van der Waals surface area contributed by atoms with Gasteiger partial charge in [0.25, 0.3) is 0 Å². The Kier molecular flexibility index (Phi) is 4.27. The molecule has 0 aliphatic rings. The molecule has 0 aliphatic heterocycles. The van der Waals surface area contributed by atoms with Crippen LogP contribution in [0.2, 0.25) is 0 Å². The molecular formula is C14H14FNO2S. The Labute approximate surface area is 114 Å². The summed E-state index contributed by atoms with van der Waals surface area (Å²) >= 11 is 1.17. The van der Waals surface area contributed by atoms with E-state index in [0.29, 0.717) is 24.9 Å². The molecule has 3 nitrogen and oxygen atoms in total. The number of aryl methyl sites for hydroxylation is 1. The first-order valence-electron chi connectivity index (χ1n) is 6.01. The van der Waals surface area contributed by atoms with Gasteiger partial charge in [-0.15, -0.1) is 0 Å². The van der Waals surface area contributed by atoms with Crippen LogP contribution in [0.25, 0.3) is 0 Å². The third kappa shape index (κ3) is 3.38. The van der Waals surface area contributed by atoms with Crippen molar-refractivity contribution in [2.24, 2.45) is 0 Å². The van der Waals surface area contributed by atoms with Crippen LogP contribution in [0.15, 0.2) is 34.4 Å². The Morgan fingerprint density at radius 1 is 1.32 bits per heavy atom. The zero-order valence-corrected chi connectivity index (χ0v) is 11.4. The van der Waals surface area contributed by atoms with Crippen molar-refractivity contribution in [3.8, 4) is 0 Å². The standard InChI is InChI=1S/C14H14FNO2S/c1-10-9-19-14(18)16(10)8-2-3-13(17)11-4-6-12(15)7-5-11/h4-7,9H,2-3,8H2,1H3. The lowest BCUT2D eigenvalue weighted by atomic mass is 10.1. The van der Waals surface area contributed by atoms with Gasteiger partial charge >= 0.3 is 4.87 Å². The van der Waals surface area contributed by atoms with Gasteiger partial charge in [0.2, 0.25) is 0 Å². The van der Waals surface area contributed by atoms with E-state index < -0.39 is 0 Å². The molecule has 0 aliphatic carbocycles. The molecule has 0 radical (unpaired) electrons. The van der Waals surface area contributed by atoms with E-state index in [0.717, 1.165) is 5.69 Å².